The van der Waals surface area contributed by atoms with Crippen molar-refractivity contribution in [2.45, 2.75) is 117 Å². The van der Waals surface area contributed by atoms with Gasteiger partial charge in [0.2, 0.25) is 0 Å². The van der Waals surface area contributed by atoms with Gasteiger partial charge in [0.05, 0.1) is 6.61 Å². The molecule has 6 heteroatoms. The Kier molecular flexibility index (Phi) is 26.3. The Labute approximate surface area is 194 Å². The molecule has 0 aliphatic heterocycles. The van der Waals surface area contributed by atoms with Gasteiger partial charge >= 0.3 is 17.9 Å². The first-order valence-electron chi connectivity index (χ1n) is 11.9. The van der Waals surface area contributed by atoms with Gasteiger partial charge in [0.25, 0.3) is 0 Å². The molecule has 0 spiro atoms. The Hall–Kier alpha value is -2.47. The van der Waals surface area contributed by atoms with Crippen LogP contribution < -0.4 is 0 Å². The number of carbonyl (C=O) groups is 3. The minimum atomic E-state index is -0.700. The molecule has 0 saturated heterocycles. The molecule has 32 heavy (non-hydrogen) atoms. The maximum absolute atomic E-state index is 10.4. The second kappa shape index (κ2) is 26.6. The van der Waals surface area contributed by atoms with Gasteiger partial charge in [-0.1, -0.05) is 63.2 Å². The van der Waals surface area contributed by atoms with Gasteiger partial charge in [0.15, 0.2) is 0 Å². The van der Waals surface area contributed by atoms with Crippen molar-refractivity contribution in [2.75, 3.05) is 6.61 Å². The van der Waals surface area contributed by atoms with Gasteiger partial charge in [-0.05, 0) is 44.4 Å². The van der Waals surface area contributed by atoms with Gasteiger partial charge in [0, 0.05) is 32.6 Å². The number of unbranched alkanes of at least 4 members (excludes halogenated alkanes) is 12. The van der Waals surface area contributed by atoms with E-state index in [0.717, 1.165) is 89.9 Å². The van der Waals surface area contributed by atoms with E-state index in [1.807, 2.05) is 0 Å². The van der Waals surface area contributed by atoms with E-state index in [1.54, 1.807) is 6.92 Å². The predicted octanol–water partition coefficient (Wildman–Crippen LogP) is 5.97. The highest BCUT2D eigenvalue weighted by atomic mass is 16.5. The summed E-state index contributed by atoms with van der Waals surface area (Å²) in [4.78, 5) is 30.5. The van der Waals surface area contributed by atoms with Crippen molar-refractivity contribution in [2.24, 2.45) is 0 Å². The number of aliphatic carboxylic acids is 2. The van der Waals surface area contributed by atoms with Crippen LogP contribution in [0.5, 0.6) is 0 Å². The van der Waals surface area contributed by atoms with E-state index >= 15 is 0 Å². The fourth-order valence-corrected chi connectivity index (χ4v) is 2.81. The summed E-state index contributed by atoms with van der Waals surface area (Å²) in [6, 6.07) is 0. The maximum atomic E-state index is 10.4. The van der Waals surface area contributed by atoms with E-state index in [1.165, 1.54) is 6.92 Å². The average Bonchev–Trinajstić information content (AvgIpc) is 2.72. The Morgan fingerprint density at radius 3 is 1.25 bits per heavy atom. The van der Waals surface area contributed by atoms with Gasteiger partial charge in [-0.2, -0.15) is 0 Å². The number of ether oxygens (including phenoxy) is 1. The first kappa shape index (κ1) is 31.7. The van der Waals surface area contributed by atoms with Crippen LogP contribution >= 0.6 is 0 Å². The molecule has 0 rings (SSSR count). The van der Waals surface area contributed by atoms with Gasteiger partial charge in [-0.15, -0.1) is 0 Å². The lowest BCUT2D eigenvalue weighted by molar-refractivity contribution is -0.140. The monoisotopic (exact) mass is 450 g/mol. The molecule has 0 amide bonds. The summed E-state index contributed by atoms with van der Waals surface area (Å²) in [5.74, 6) is 10.4. The molecular weight excluding hydrogens is 408 g/mol. The fourth-order valence-electron chi connectivity index (χ4n) is 2.81. The van der Waals surface area contributed by atoms with Crippen molar-refractivity contribution >= 4 is 17.9 Å². The van der Waals surface area contributed by atoms with Crippen LogP contribution in [0.25, 0.3) is 0 Å². The standard InChI is InChI=1S/C22H34O4.C4H8O2/c23-21(24)19-17-15-13-11-9-7-5-3-1-2-4-6-8-10-12-14-16-18-20-22(25)26;1-3-6-4(2)5/h5-20H2,(H,23,24)(H,25,26);3H2,1-2H3. The number of esters is 1. The number of carboxylic acid groups (broad SMARTS) is 2. The molecule has 2 N–H and O–H groups in total. The summed E-state index contributed by atoms with van der Waals surface area (Å²) in [5.41, 5.74) is 0. The smallest absolute Gasteiger partial charge is 0.303 e. The quantitative estimate of drug-likeness (QED) is 0.161. The van der Waals surface area contributed by atoms with Crippen LogP contribution in [-0.2, 0) is 19.1 Å². The van der Waals surface area contributed by atoms with Crippen molar-refractivity contribution < 1.29 is 29.3 Å². The van der Waals surface area contributed by atoms with E-state index < -0.39 is 11.9 Å². The summed E-state index contributed by atoms with van der Waals surface area (Å²) >= 11 is 0. The molecule has 0 aromatic rings. The third-order valence-corrected chi connectivity index (χ3v) is 4.47. The second-order valence-electron chi connectivity index (χ2n) is 7.56. The van der Waals surface area contributed by atoms with E-state index in [-0.39, 0.29) is 18.8 Å². The first-order chi connectivity index (χ1) is 15.4. The van der Waals surface area contributed by atoms with Crippen molar-refractivity contribution in [1.82, 2.24) is 0 Å². The minimum absolute atomic E-state index is 0.211. The van der Waals surface area contributed by atoms with E-state index in [2.05, 4.69) is 28.4 Å². The Balaban J connectivity index is 0. The molecule has 0 aliphatic carbocycles. The molecule has 0 aliphatic rings. The van der Waals surface area contributed by atoms with Gasteiger partial charge in [0.1, 0.15) is 0 Å². The van der Waals surface area contributed by atoms with Crippen LogP contribution in [0.15, 0.2) is 0 Å². The summed E-state index contributed by atoms with van der Waals surface area (Å²) in [5, 5.41) is 17.1. The van der Waals surface area contributed by atoms with Crippen LogP contribution in [0, 0.1) is 23.7 Å². The lowest BCUT2D eigenvalue weighted by atomic mass is 10.1. The first-order valence-corrected chi connectivity index (χ1v) is 11.9. The number of carbonyl (C=O) groups excluding carboxylic acids is 1. The van der Waals surface area contributed by atoms with Gasteiger partial charge in [-0.3, -0.25) is 14.4 Å². The van der Waals surface area contributed by atoms with Crippen LogP contribution in [-0.4, -0.2) is 34.7 Å². The Bertz CT molecular complexity index is 557. The Morgan fingerprint density at radius 2 is 0.969 bits per heavy atom. The maximum Gasteiger partial charge on any atom is 0.303 e. The number of hydrogen-bond acceptors (Lipinski definition) is 4. The highest BCUT2D eigenvalue weighted by Crippen LogP contribution is 2.09. The van der Waals surface area contributed by atoms with Crippen molar-refractivity contribution in [1.29, 1.82) is 0 Å². The molecule has 0 unspecified atom stereocenters. The summed E-state index contributed by atoms with van der Waals surface area (Å²) in [7, 11) is 0. The number of carboxylic acids is 2. The molecule has 0 fully saturated rings. The van der Waals surface area contributed by atoms with Crippen LogP contribution in [0.2, 0.25) is 0 Å². The minimum Gasteiger partial charge on any atom is -0.481 e. The molecule has 0 bridgehead atoms. The molecule has 182 valence electrons. The van der Waals surface area contributed by atoms with Crippen molar-refractivity contribution in [3.8, 4) is 23.7 Å². The lowest BCUT2D eigenvalue weighted by Gasteiger charge is -1.98. The van der Waals surface area contributed by atoms with E-state index in [4.69, 9.17) is 10.2 Å². The van der Waals surface area contributed by atoms with Gasteiger partial charge in [-0.25, -0.2) is 0 Å². The largest absolute Gasteiger partial charge is 0.481 e. The zero-order chi connectivity index (χ0) is 24.3. The molecule has 6 nitrogen and oxygen atoms in total. The highest BCUT2D eigenvalue weighted by molar-refractivity contribution is 5.66. The fraction of sp³-hybridized carbons (Fsp3) is 0.731. The van der Waals surface area contributed by atoms with Crippen LogP contribution in [0.1, 0.15) is 117 Å². The van der Waals surface area contributed by atoms with E-state index in [9.17, 15) is 14.4 Å². The average molecular weight is 451 g/mol. The zero-order valence-electron chi connectivity index (χ0n) is 20.0. The molecule has 0 aromatic heterocycles. The normalized spacial score (nSPS) is 9.31. The predicted molar refractivity (Wildman–Crippen MR) is 127 cm³/mol. The molecule has 0 atom stereocenters. The van der Waals surface area contributed by atoms with Crippen LogP contribution in [0.4, 0.5) is 0 Å². The third kappa shape index (κ3) is 35.0. The summed E-state index contributed by atoms with van der Waals surface area (Å²) in [6.07, 6.45) is 15.0. The number of hydrogen-bond donors (Lipinski definition) is 2. The van der Waals surface area contributed by atoms with Crippen LogP contribution in [0.3, 0.4) is 0 Å². The van der Waals surface area contributed by atoms with Gasteiger partial charge < -0.3 is 14.9 Å². The highest BCUT2D eigenvalue weighted by Gasteiger charge is 1.97. The Morgan fingerprint density at radius 1 is 0.625 bits per heavy atom. The lowest BCUT2D eigenvalue weighted by Crippen LogP contribution is -1.95. The number of rotatable bonds is 17. The summed E-state index contributed by atoms with van der Waals surface area (Å²) in [6.45, 7) is 3.65. The topological polar surface area (TPSA) is 101 Å². The molecule has 0 radical (unpaired) electrons. The SMILES string of the molecule is CCOC(C)=O.O=C(O)CCCCCCCCC#CC#CCCCCCCCCC(=O)O. The third-order valence-electron chi connectivity index (χ3n) is 4.47. The molecule has 0 heterocycles. The van der Waals surface area contributed by atoms with Crippen molar-refractivity contribution in [3.05, 3.63) is 0 Å². The second-order valence-corrected chi connectivity index (χ2v) is 7.56. The molecule has 0 aromatic carbocycles. The van der Waals surface area contributed by atoms with Crippen molar-refractivity contribution in [3.63, 3.8) is 0 Å². The molecule has 0 saturated carbocycles. The molecular formula is C26H42O6. The summed E-state index contributed by atoms with van der Waals surface area (Å²) < 4.78 is 4.40. The van der Waals surface area contributed by atoms with E-state index in [0.29, 0.717) is 6.61 Å². The zero-order valence-corrected chi connectivity index (χ0v) is 20.0.